The van der Waals surface area contributed by atoms with Gasteiger partial charge in [-0.05, 0) is 73.4 Å². The zero-order chi connectivity index (χ0) is 31.3. The molecule has 1 saturated heterocycles. The maximum absolute atomic E-state index is 12.5. The van der Waals surface area contributed by atoms with Crippen molar-refractivity contribution in [1.82, 2.24) is 20.1 Å². The quantitative estimate of drug-likeness (QED) is 0.230. The second-order valence-electron chi connectivity index (χ2n) is 9.65. The van der Waals surface area contributed by atoms with Gasteiger partial charge in [0.2, 0.25) is 5.91 Å². The van der Waals surface area contributed by atoms with Crippen LogP contribution in [-0.2, 0) is 11.2 Å². The van der Waals surface area contributed by atoms with Crippen LogP contribution < -0.4 is 19.7 Å². The van der Waals surface area contributed by atoms with Gasteiger partial charge in [0.05, 0.1) is 24.2 Å². The average Bonchev–Trinajstić information content (AvgIpc) is 3.62. The standard InChI is InChI=1S/C30H27F3N6O4S/c1-19-16-24(42-2)13-14-25(19)39-26(40)17-44-29(39)36-28(41)34-15-3-4-20-5-7-21(8-6-20)27-35-18-38(37-27)22-9-11-23(12-10-22)43-30(31,32)33/h5-14,16,18H,3-4,15,17H2,1-2H3,(H,34,41)/b36-29-. The number of carbonyl (C=O) groups excluding carboxylic acids is 2. The molecule has 0 spiro atoms. The zero-order valence-electron chi connectivity index (χ0n) is 23.7. The number of thioether (sulfide) groups is 1. The monoisotopic (exact) mass is 624 g/mol. The summed E-state index contributed by atoms with van der Waals surface area (Å²) in [5.74, 6) is 0.877. The highest BCUT2D eigenvalue weighted by atomic mass is 32.2. The van der Waals surface area contributed by atoms with E-state index in [2.05, 4.69) is 25.1 Å². The molecule has 0 aliphatic carbocycles. The molecule has 1 aromatic heterocycles. The third kappa shape index (κ3) is 7.56. The van der Waals surface area contributed by atoms with Gasteiger partial charge in [0.15, 0.2) is 11.0 Å². The lowest BCUT2D eigenvalue weighted by molar-refractivity contribution is -0.274. The molecule has 0 bridgehead atoms. The summed E-state index contributed by atoms with van der Waals surface area (Å²) in [5.41, 5.74) is 3.84. The first-order valence-electron chi connectivity index (χ1n) is 13.4. The lowest BCUT2D eigenvalue weighted by Crippen LogP contribution is -2.32. The summed E-state index contributed by atoms with van der Waals surface area (Å²) in [4.78, 5) is 35.0. The zero-order valence-corrected chi connectivity index (χ0v) is 24.5. The van der Waals surface area contributed by atoms with Gasteiger partial charge in [-0.25, -0.2) is 14.5 Å². The summed E-state index contributed by atoms with van der Waals surface area (Å²) in [5, 5.41) is 7.53. The molecular formula is C30H27F3N6O4S. The third-order valence-electron chi connectivity index (χ3n) is 6.56. The minimum Gasteiger partial charge on any atom is -0.497 e. The van der Waals surface area contributed by atoms with Crippen LogP contribution in [0.15, 0.2) is 78.0 Å². The number of aliphatic imine (C=N–C) groups is 1. The molecule has 10 nitrogen and oxygen atoms in total. The van der Waals surface area contributed by atoms with Gasteiger partial charge in [-0.1, -0.05) is 36.0 Å². The first-order valence-corrected chi connectivity index (χ1v) is 14.4. The summed E-state index contributed by atoms with van der Waals surface area (Å²) < 4.78 is 47.7. The molecule has 0 radical (unpaired) electrons. The van der Waals surface area contributed by atoms with Crippen LogP contribution in [-0.4, -0.2) is 57.6 Å². The number of aromatic nitrogens is 3. The number of ether oxygens (including phenoxy) is 2. The molecule has 3 aromatic carbocycles. The van der Waals surface area contributed by atoms with Crippen molar-refractivity contribution in [2.24, 2.45) is 4.99 Å². The highest BCUT2D eigenvalue weighted by Gasteiger charge is 2.32. The van der Waals surface area contributed by atoms with Gasteiger partial charge >= 0.3 is 12.4 Å². The highest BCUT2D eigenvalue weighted by Crippen LogP contribution is 2.31. The molecule has 4 aromatic rings. The van der Waals surface area contributed by atoms with E-state index in [1.54, 1.807) is 19.2 Å². The maximum Gasteiger partial charge on any atom is 0.573 e. The van der Waals surface area contributed by atoms with Gasteiger partial charge in [0.25, 0.3) is 0 Å². The number of rotatable bonds is 9. The van der Waals surface area contributed by atoms with E-state index < -0.39 is 12.4 Å². The number of urea groups is 1. The molecule has 2 heterocycles. The van der Waals surface area contributed by atoms with Crippen molar-refractivity contribution in [2.75, 3.05) is 24.3 Å². The molecule has 1 N–H and O–H groups in total. The molecule has 3 amide bonds. The van der Waals surface area contributed by atoms with Gasteiger partial charge in [0, 0.05) is 12.1 Å². The number of alkyl halides is 3. The predicted octanol–water partition coefficient (Wildman–Crippen LogP) is 5.93. The number of hydrogen-bond acceptors (Lipinski definition) is 7. The highest BCUT2D eigenvalue weighted by molar-refractivity contribution is 8.15. The number of benzene rings is 3. The Bertz CT molecular complexity index is 1670. The van der Waals surface area contributed by atoms with Gasteiger partial charge < -0.3 is 14.8 Å². The van der Waals surface area contributed by atoms with E-state index in [1.165, 1.54) is 51.9 Å². The Hall–Kier alpha value is -4.85. The van der Waals surface area contributed by atoms with Crippen LogP contribution in [0.1, 0.15) is 17.5 Å². The Kier molecular flexibility index (Phi) is 9.18. The molecule has 5 rings (SSSR count). The van der Waals surface area contributed by atoms with E-state index in [-0.39, 0.29) is 17.4 Å². The number of anilines is 1. The van der Waals surface area contributed by atoms with Crippen molar-refractivity contribution in [3.63, 3.8) is 0 Å². The molecule has 44 heavy (non-hydrogen) atoms. The molecule has 0 saturated carbocycles. The molecule has 1 aliphatic heterocycles. The number of carbonyl (C=O) groups is 2. The minimum atomic E-state index is -4.76. The van der Waals surface area contributed by atoms with Crippen LogP contribution >= 0.6 is 11.8 Å². The summed E-state index contributed by atoms with van der Waals surface area (Å²) >= 11 is 1.22. The molecule has 0 unspecified atom stereocenters. The Balaban J connectivity index is 1.12. The SMILES string of the molecule is COc1ccc(N2C(=O)CS/C2=N\C(=O)NCCCc2ccc(-c3ncn(-c4ccc(OC(F)(F)F)cc4)n3)cc2)c(C)c1. The Morgan fingerprint density at radius 3 is 2.48 bits per heavy atom. The van der Waals surface area contributed by atoms with Crippen molar-refractivity contribution in [2.45, 2.75) is 26.1 Å². The predicted molar refractivity (Wildman–Crippen MR) is 160 cm³/mol. The van der Waals surface area contributed by atoms with Crippen LogP contribution in [0.5, 0.6) is 11.5 Å². The van der Waals surface area contributed by atoms with Crippen molar-refractivity contribution in [3.05, 3.63) is 84.2 Å². The number of halogens is 3. The van der Waals surface area contributed by atoms with E-state index in [4.69, 9.17) is 4.74 Å². The minimum absolute atomic E-state index is 0.145. The number of nitrogens with zero attached hydrogens (tertiary/aromatic N) is 5. The molecule has 1 aliphatic rings. The van der Waals surface area contributed by atoms with Gasteiger partial charge in [0.1, 0.15) is 17.8 Å². The number of amidine groups is 1. The summed E-state index contributed by atoms with van der Waals surface area (Å²) in [7, 11) is 1.57. The van der Waals surface area contributed by atoms with Crippen LogP contribution in [0.4, 0.5) is 23.7 Å². The fraction of sp³-hybridized carbons (Fsp3) is 0.233. The number of methoxy groups -OCH3 is 1. The second kappa shape index (κ2) is 13.2. The number of nitrogens with one attached hydrogen (secondary N) is 1. The largest absolute Gasteiger partial charge is 0.573 e. The van der Waals surface area contributed by atoms with Crippen LogP contribution in [0.2, 0.25) is 0 Å². The molecule has 228 valence electrons. The smallest absolute Gasteiger partial charge is 0.497 e. The Morgan fingerprint density at radius 1 is 1.07 bits per heavy atom. The van der Waals surface area contributed by atoms with E-state index in [0.717, 1.165) is 16.7 Å². The van der Waals surface area contributed by atoms with E-state index >= 15 is 0 Å². The van der Waals surface area contributed by atoms with Crippen molar-refractivity contribution in [3.8, 4) is 28.6 Å². The van der Waals surface area contributed by atoms with Crippen molar-refractivity contribution in [1.29, 1.82) is 0 Å². The fourth-order valence-corrected chi connectivity index (χ4v) is 5.30. The van der Waals surface area contributed by atoms with E-state index in [0.29, 0.717) is 47.5 Å². The van der Waals surface area contributed by atoms with Crippen LogP contribution in [0.3, 0.4) is 0 Å². The normalized spacial score (nSPS) is 14.2. The summed E-state index contributed by atoms with van der Waals surface area (Å²) in [6.45, 7) is 2.26. The number of hydrogen-bond donors (Lipinski definition) is 1. The van der Waals surface area contributed by atoms with E-state index in [9.17, 15) is 22.8 Å². The first kappa shape index (κ1) is 30.6. The van der Waals surface area contributed by atoms with E-state index in [1.807, 2.05) is 37.3 Å². The number of aryl methyl sites for hydroxylation is 2. The fourth-order valence-electron chi connectivity index (χ4n) is 4.44. The second-order valence-corrected chi connectivity index (χ2v) is 10.6. The van der Waals surface area contributed by atoms with Gasteiger partial charge in [-0.3, -0.25) is 9.69 Å². The van der Waals surface area contributed by atoms with Gasteiger partial charge in [-0.2, -0.15) is 4.99 Å². The maximum atomic E-state index is 12.5. The molecule has 0 atom stereocenters. The number of amides is 3. The lowest BCUT2D eigenvalue weighted by Gasteiger charge is -2.18. The van der Waals surface area contributed by atoms with Gasteiger partial charge in [-0.15, -0.1) is 18.3 Å². The molecule has 1 fully saturated rings. The summed E-state index contributed by atoms with van der Waals surface area (Å²) in [6.07, 6.45) is -1.90. The Morgan fingerprint density at radius 2 is 1.80 bits per heavy atom. The average molecular weight is 625 g/mol. The molecular weight excluding hydrogens is 597 g/mol. The summed E-state index contributed by atoms with van der Waals surface area (Å²) in [6, 6.07) is 17.8. The first-order chi connectivity index (χ1) is 21.1. The van der Waals surface area contributed by atoms with Crippen LogP contribution in [0, 0.1) is 6.92 Å². The molecule has 14 heteroatoms. The van der Waals surface area contributed by atoms with Crippen molar-refractivity contribution < 1.29 is 32.2 Å². The van der Waals surface area contributed by atoms with Crippen molar-refractivity contribution >= 4 is 34.6 Å². The Labute approximate surface area is 254 Å². The lowest BCUT2D eigenvalue weighted by atomic mass is 10.1. The topological polar surface area (TPSA) is 111 Å². The van der Waals surface area contributed by atoms with Crippen LogP contribution in [0.25, 0.3) is 17.1 Å². The third-order valence-corrected chi connectivity index (χ3v) is 7.49.